The molecule has 0 saturated carbocycles. The van der Waals surface area contributed by atoms with Crippen molar-refractivity contribution >= 4 is 5.97 Å². The highest BCUT2D eigenvalue weighted by Gasteiger charge is 2.00. The molecule has 2 N–H and O–H groups in total. The van der Waals surface area contributed by atoms with Gasteiger partial charge in [0.15, 0.2) is 0 Å². The van der Waals surface area contributed by atoms with Crippen molar-refractivity contribution in [3.8, 4) is 0 Å². The van der Waals surface area contributed by atoms with Crippen molar-refractivity contribution in [3.05, 3.63) is 30.1 Å². The minimum Gasteiger partial charge on any atom is -0.373 e. The number of hydrogen-bond donors (Lipinski definition) is 1. The second-order valence-electron chi connectivity index (χ2n) is 2.35. The van der Waals surface area contributed by atoms with E-state index in [-0.39, 0.29) is 0 Å². The monoisotopic (exact) mass is 166 g/mol. The van der Waals surface area contributed by atoms with Gasteiger partial charge in [-0.3, -0.25) is 9.78 Å². The predicted octanol–water partition coefficient (Wildman–Crippen LogP) is 0.431. The van der Waals surface area contributed by atoms with Crippen molar-refractivity contribution < 1.29 is 9.63 Å². The van der Waals surface area contributed by atoms with E-state index in [2.05, 4.69) is 15.7 Å². The summed E-state index contributed by atoms with van der Waals surface area (Å²) in [6.07, 6.45) is 4.31. The Labute approximate surface area is 70.3 Å². The number of rotatable bonds is 3. The van der Waals surface area contributed by atoms with E-state index in [4.69, 9.17) is 0 Å². The summed E-state index contributed by atoms with van der Waals surface area (Å²) in [5.41, 5.74) is 1.00. The molecule has 0 bridgehead atoms. The third-order valence-electron chi connectivity index (χ3n) is 1.47. The maximum Gasteiger partial charge on any atom is 0.324 e. The van der Waals surface area contributed by atoms with Gasteiger partial charge in [0, 0.05) is 12.4 Å². The molecular formula is C8H10N2O2. The Bertz CT molecular complexity index is 248. The predicted molar refractivity (Wildman–Crippen MR) is 42.8 cm³/mol. The molecule has 64 valence electrons. The Kier molecular flexibility index (Phi) is 3.22. The van der Waals surface area contributed by atoms with Crippen LogP contribution in [0.2, 0.25) is 0 Å². The minimum absolute atomic E-state index is 0.294. The Morgan fingerprint density at radius 1 is 1.67 bits per heavy atom. The van der Waals surface area contributed by atoms with Crippen molar-refractivity contribution in [2.75, 3.05) is 0 Å². The Balaban J connectivity index is 2.38. The lowest BCUT2D eigenvalue weighted by Crippen LogP contribution is -2.10. The van der Waals surface area contributed by atoms with Crippen LogP contribution in [0.15, 0.2) is 24.5 Å². The number of hydrogen-bond acceptors (Lipinski definition) is 4. The van der Waals surface area contributed by atoms with Gasteiger partial charge in [-0.25, -0.2) is 0 Å². The molecule has 0 aromatic carbocycles. The van der Waals surface area contributed by atoms with Crippen LogP contribution < -0.4 is 5.90 Å². The molecule has 1 aromatic heterocycles. The molecule has 0 aliphatic carbocycles. The van der Waals surface area contributed by atoms with E-state index in [1.807, 2.05) is 12.1 Å². The number of pyridine rings is 1. The van der Waals surface area contributed by atoms with Crippen molar-refractivity contribution in [2.24, 2.45) is 5.90 Å². The summed E-state index contributed by atoms with van der Waals surface area (Å²) in [4.78, 5) is 18.5. The van der Waals surface area contributed by atoms with Gasteiger partial charge in [0.1, 0.15) is 0 Å². The van der Waals surface area contributed by atoms with Gasteiger partial charge in [-0.2, -0.15) is 5.90 Å². The number of carbonyl (C=O) groups excluding carboxylic acids is 1. The Morgan fingerprint density at radius 2 is 2.50 bits per heavy atom. The van der Waals surface area contributed by atoms with Gasteiger partial charge in [0.25, 0.3) is 0 Å². The molecule has 4 heteroatoms. The fraction of sp³-hybridized carbons (Fsp3) is 0.250. The SMILES string of the molecule is NOC(=O)CCc1cccnc1. The molecule has 0 radical (unpaired) electrons. The molecule has 0 spiro atoms. The second kappa shape index (κ2) is 4.46. The molecule has 12 heavy (non-hydrogen) atoms. The molecule has 0 amide bonds. The lowest BCUT2D eigenvalue weighted by atomic mass is 10.2. The topological polar surface area (TPSA) is 65.2 Å². The van der Waals surface area contributed by atoms with E-state index in [0.717, 1.165) is 5.56 Å². The first kappa shape index (κ1) is 8.67. The molecule has 0 aliphatic heterocycles. The van der Waals surface area contributed by atoms with Crippen LogP contribution in [0.3, 0.4) is 0 Å². The van der Waals surface area contributed by atoms with E-state index < -0.39 is 5.97 Å². The van der Waals surface area contributed by atoms with Crippen molar-refractivity contribution in [1.82, 2.24) is 4.98 Å². The van der Waals surface area contributed by atoms with Gasteiger partial charge in [-0.05, 0) is 18.1 Å². The third-order valence-corrected chi connectivity index (χ3v) is 1.47. The standard InChI is InChI=1S/C8H10N2O2/c9-12-8(11)4-3-7-2-1-5-10-6-7/h1-2,5-6H,3-4,9H2. The fourth-order valence-electron chi connectivity index (χ4n) is 0.851. The van der Waals surface area contributed by atoms with Gasteiger partial charge in [0.2, 0.25) is 0 Å². The third kappa shape index (κ3) is 2.67. The van der Waals surface area contributed by atoms with Crippen LogP contribution in [0.1, 0.15) is 12.0 Å². The Hall–Kier alpha value is -1.42. The molecule has 1 aromatic rings. The average molecular weight is 166 g/mol. The number of nitrogens with two attached hydrogens (primary N) is 1. The van der Waals surface area contributed by atoms with Crippen LogP contribution >= 0.6 is 0 Å². The zero-order valence-corrected chi connectivity index (χ0v) is 6.56. The fourth-order valence-corrected chi connectivity index (χ4v) is 0.851. The molecule has 0 aliphatic rings. The molecule has 4 nitrogen and oxygen atoms in total. The highest BCUT2D eigenvalue weighted by molar-refractivity contribution is 5.69. The van der Waals surface area contributed by atoms with Crippen LogP contribution in [0.25, 0.3) is 0 Å². The lowest BCUT2D eigenvalue weighted by molar-refractivity contribution is -0.144. The van der Waals surface area contributed by atoms with E-state index in [9.17, 15) is 4.79 Å². The van der Waals surface area contributed by atoms with Crippen LogP contribution in [0, 0.1) is 0 Å². The van der Waals surface area contributed by atoms with Gasteiger partial charge in [-0.1, -0.05) is 6.07 Å². The first-order valence-corrected chi connectivity index (χ1v) is 3.61. The molecular weight excluding hydrogens is 156 g/mol. The summed E-state index contributed by atoms with van der Waals surface area (Å²) in [6.45, 7) is 0. The normalized spacial score (nSPS) is 9.42. The number of aryl methyl sites for hydroxylation is 1. The lowest BCUT2D eigenvalue weighted by Gasteiger charge is -1.97. The molecule has 0 unspecified atom stereocenters. The molecule has 0 fully saturated rings. The smallest absolute Gasteiger partial charge is 0.324 e. The Morgan fingerprint density at radius 3 is 3.08 bits per heavy atom. The quantitative estimate of drug-likeness (QED) is 0.661. The van der Waals surface area contributed by atoms with Crippen LogP contribution in [0.4, 0.5) is 0 Å². The summed E-state index contributed by atoms with van der Waals surface area (Å²) in [7, 11) is 0. The maximum atomic E-state index is 10.6. The summed E-state index contributed by atoms with van der Waals surface area (Å²) < 4.78 is 0. The van der Waals surface area contributed by atoms with E-state index in [1.165, 1.54) is 0 Å². The zero-order valence-electron chi connectivity index (χ0n) is 6.56. The second-order valence-corrected chi connectivity index (χ2v) is 2.35. The molecule has 1 heterocycles. The van der Waals surface area contributed by atoms with Crippen LogP contribution in [-0.2, 0) is 16.1 Å². The highest BCUT2D eigenvalue weighted by Crippen LogP contribution is 2.00. The number of carbonyl (C=O) groups is 1. The largest absolute Gasteiger partial charge is 0.373 e. The van der Waals surface area contributed by atoms with Gasteiger partial charge < -0.3 is 4.84 Å². The number of nitrogens with zero attached hydrogens (tertiary/aromatic N) is 1. The number of aromatic nitrogens is 1. The highest BCUT2D eigenvalue weighted by atomic mass is 16.7. The minimum atomic E-state index is -0.404. The van der Waals surface area contributed by atoms with E-state index in [1.54, 1.807) is 12.4 Å². The molecule has 0 atom stereocenters. The maximum absolute atomic E-state index is 10.6. The summed E-state index contributed by atoms with van der Waals surface area (Å²) >= 11 is 0. The van der Waals surface area contributed by atoms with E-state index >= 15 is 0 Å². The first-order chi connectivity index (χ1) is 5.83. The van der Waals surface area contributed by atoms with E-state index in [0.29, 0.717) is 12.8 Å². The summed E-state index contributed by atoms with van der Waals surface area (Å²) in [6, 6.07) is 3.72. The summed E-state index contributed by atoms with van der Waals surface area (Å²) in [5.74, 6) is 4.27. The van der Waals surface area contributed by atoms with Gasteiger partial charge in [0.05, 0.1) is 6.42 Å². The van der Waals surface area contributed by atoms with Gasteiger partial charge in [-0.15, -0.1) is 0 Å². The van der Waals surface area contributed by atoms with Crippen molar-refractivity contribution in [3.63, 3.8) is 0 Å². The summed E-state index contributed by atoms with van der Waals surface area (Å²) in [5, 5.41) is 0. The van der Waals surface area contributed by atoms with Crippen molar-refractivity contribution in [2.45, 2.75) is 12.8 Å². The average Bonchev–Trinajstić information content (AvgIpc) is 2.16. The van der Waals surface area contributed by atoms with Gasteiger partial charge >= 0.3 is 5.97 Å². The van der Waals surface area contributed by atoms with Crippen LogP contribution in [0.5, 0.6) is 0 Å². The first-order valence-electron chi connectivity index (χ1n) is 3.61. The molecule has 0 saturated heterocycles. The van der Waals surface area contributed by atoms with Crippen LogP contribution in [-0.4, -0.2) is 11.0 Å². The molecule has 1 rings (SSSR count). The van der Waals surface area contributed by atoms with Crippen molar-refractivity contribution in [1.29, 1.82) is 0 Å². The zero-order chi connectivity index (χ0) is 8.81.